The molecule has 3 rings (SSSR count). The summed E-state index contributed by atoms with van der Waals surface area (Å²) in [6, 6.07) is 4.34. The van der Waals surface area contributed by atoms with Crippen LogP contribution in [0.3, 0.4) is 0 Å². The third-order valence-electron chi connectivity index (χ3n) is 3.89. The lowest BCUT2D eigenvalue weighted by Crippen LogP contribution is -1.95. The van der Waals surface area contributed by atoms with Gasteiger partial charge in [0.05, 0.1) is 11.5 Å². The average molecular weight is 361 g/mol. The molecule has 0 aliphatic carbocycles. The van der Waals surface area contributed by atoms with E-state index >= 15 is 0 Å². The van der Waals surface area contributed by atoms with E-state index in [9.17, 15) is 0 Å². The van der Waals surface area contributed by atoms with Gasteiger partial charge in [-0.3, -0.25) is 0 Å². The number of hydrogen-bond donors (Lipinski definition) is 0. The van der Waals surface area contributed by atoms with Crippen molar-refractivity contribution >= 4 is 32.1 Å². The second-order valence-corrected chi connectivity index (χ2v) is 8.11. The zero-order valence-corrected chi connectivity index (χ0v) is 16.0. The van der Waals surface area contributed by atoms with Gasteiger partial charge < -0.3 is 4.74 Å². The first kappa shape index (κ1) is 17.4. The van der Waals surface area contributed by atoms with Crippen LogP contribution in [-0.2, 0) is 6.42 Å². The first-order valence-corrected chi connectivity index (χ1v) is 10.4. The first-order chi connectivity index (χ1) is 11.8. The predicted octanol–water partition coefficient (Wildman–Crippen LogP) is 6.33. The van der Waals surface area contributed by atoms with Crippen molar-refractivity contribution in [1.82, 2.24) is 9.97 Å². The Balaban J connectivity index is 1.63. The lowest BCUT2D eigenvalue weighted by molar-refractivity contribution is 0.314. The highest BCUT2D eigenvalue weighted by atomic mass is 32.1. The SMILES string of the molecule is CCCCCCOc1cc2sc(-c3ncc(CCC)cn3)cc2s1. The van der Waals surface area contributed by atoms with Crippen LogP contribution in [-0.4, -0.2) is 16.6 Å². The van der Waals surface area contributed by atoms with E-state index in [-0.39, 0.29) is 0 Å². The van der Waals surface area contributed by atoms with E-state index in [0.717, 1.165) is 41.6 Å². The third kappa shape index (κ3) is 4.33. The minimum absolute atomic E-state index is 0.822. The zero-order valence-electron chi connectivity index (χ0n) is 14.4. The molecule has 3 nitrogen and oxygen atoms in total. The Morgan fingerprint density at radius 1 is 0.917 bits per heavy atom. The Bertz CT molecular complexity index is 730. The molecule has 0 aromatic carbocycles. The average Bonchev–Trinajstić information content (AvgIpc) is 3.14. The molecule has 0 unspecified atom stereocenters. The second kappa shape index (κ2) is 8.58. The maximum absolute atomic E-state index is 5.88. The fourth-order valence-corrected chi connectivity index (χ4v) is 4.80. The monoisotopic (exact) mass is 360 g/mol. The number of nitrogens with zero attached hydrogens (tertiary/aromatic N) is 2. The topological polar surface area (TPSA) is 35.0 Å². The molecular weight excluding hydrogens is 336 g/mol. The van der Waals surface area contributed by atoms with Crippen molar-refractivity contribution < 1.29 is 4.74 Å². The van der Waals surface area contributed by atoms with E-state index in [4.69, 9.17) is 4.74 Å². The Labute approximate surface area is 151 Å². The molecule has 0 fully saturated rings. The second-order valence-electron chi connectivity index (χ2n) is 5.98. The van der Waals surface area contributed by atoms with Crippen LogP contribution in [0.25, 0.3) is 20.1 Å². The molecule has 0 bridgehead atoms. The highest BCUT2D eigenvalue weighted by Crippen LogP contribution is 2.40. The smallest absolute Gasteiger partial charge is 0.175 e. The maximum Gasteiger partial charge on any atom is 0.175 e. The summed E-state index contributed by atoms with van der Waals surface area (Å²) in [5.74, 6) is 0.824. The van der Waals surface area contributed by atoms with Crippen LogP contribution in [0, 0.1) is 0 Å². The van der Waals surface area contributed by atoms with Gasteiger partial charge in [-0.05, 0) is 24.5 Å². The normalized spacial score (nSPS) is 11.2. The van der Waals surface area contributed by atoms with E-state index in [1.54, 1.807) is 22.7 Å². The van der Waals surface area contributed by atoms with Gasteiger partial charge in [-0.2, -0.15) is 0 Å². The fourth-order valence-electron chi connectivity index (χ4n) is 2.60. The number of aryl methyl sites for hydroxylation is 1. The quantitative estimate of drug-likeness (QED) is 0.418. The molecule has 0 radical (unpaired) electrons. The van der Waals surface area contributed by atoms with Gasteiger partial charge in [-0.1, -0.05) is 50.9 Å². The summed E-state index contributed by atoms with van der Waals surface area (Å²) in [6.45, 7) is 5.22. The Kier molecular flexibility index (Phi) is 6.21. The van der Waals surface area contributed by atoms with E-state index in [1.165, 1.54) is 34.2 Å². The van der Waals surface area contributed by atoms with Crippen molar-refractivity contribution in [2.24, 2.45) is 0 Å². The first-order valence-electron chi connectivity index (χ1n) is 8.77. The molecule has 3 aromatic rings. The molecule has 0 N–H and O–H groups in total. The minimum atomic E-state index is 0.822. The van der Waals surface area contributed by atoms with E-state index in [2.05, 4.69) is 35.9 Å². The number of ether oxygens (including phenoxy) is 1. The van der Waals surface area contributed by atoms with Crippen LogP contribution in [0.1, 0.15) is 51.5 Å². The summed E-state index contributed by atoms with van der Waals surface area (Å²) in [5.41, 5.74) is 1.21. The van der Waals surface area contributed by atoms with E-state index in [0.29, 0.717) is 0 Å². The number of aromatic nitrogens is 2. The Hall–Kier alpha value is -1.46. The molecule has 0 aliphatic heterocycles. The summed E-state index contributed by atoms with van der Waals surface area (Å²) in [6.07, 6.45) is 11.0. The molecular formula is C19H24N2OS2. The van der Waals surface area contributed by atoms with Gasteiger partial charge in [0.25, 0.3) is 0 Å². The van der Waals surface area contributed by atoms with Crippen molar-refractivity contribution in [3.05, 3.63) is 30.1 Å². The zero-order chi connectivity index (χ0) is 16.8. The maximum atomic E-state index is 5.88. The number of rotatable bonds is 9. The van der Waals surface area contributed by atoms with Crippen LogP contribution in [0.15, 0.2) is 24.5 Å². The minimum Gasteiger partial charge on any atom is -0.484 e. The largest absolute Gasteiger partial charge is 0.484 e. The molecule has 0 saturated carbocycles. The van der Waals surface area contributed by atoms with Gasteiger partial charge in [0.1, 0.15) is 0 Å². The van der Waals surface area contributed by atoms with E-state index in [1.807, 2.05) is 12.4 Å². The molecule has 0 saturated heterocycles. The van der Waals surface area contributed by atoms with Crippen molar-refractivity contribution in [3.8, 4) is 15.8 Å². The van der Waals surface area contributed by atoms with E-state index < -0.39 is 0 Å². The molecule has 128 valence electrons. The molecule has 0 spiro atoms. The fraction of sp³-hybridized carbons (Fsp3) is 0.474. The van der Waals surface area contributed by atoms with Gasteiger partial charge in [0.2, 0.25) is 0 Å². The predicted molar refractivity (Wildman–Crippen MR) is 104 cm³/mol. The molecule has 5 heteroatoms. The summed E-state index contributed by atoms with van der Waals surface area (Å²) < 4.78 is 8.41. The number of fused-ring (bicyclic) bond motifs is 1. The van der Waals surface area contributed by atoms with Crippen molar-refractivity contribution in [3.63, 3.8) is 0 Å². The highest BCUT2D eigenvalue weighted by molar-refractivity contribution is 7.30. The lowest BCUT2D eigenvalue weighted by atomic mass is 10.2. The molecule has 3 aromatic heterocycles. The van der Waals surface area contributed by atoms with Gasteiger partial charge in [0, 0.05) is 27.9 Å². The van der Waals surface area contributed by atoms with Gasteiger partial charge in [0.15, 0.2) is 10.9 Å². The Morgan fingerprint density at radius 3 is 2.42 bits per heavy atom. The summed E-state index contributed by atoms with van der Waals surface area (Å²) in [7, 11) is 0. The van der Waals surface area contributed by atoms with Crippen LogP contribution < -0.4 is 4.74 Å². The summed E-state index contributed by atoms with van der Waals surface area (Å²) in [5, 5.41) is 1.03. The van der Waals surface area contributed by atoms with Gasteiger partial charge in [-0.15, -0.1) is 11.3 Å². The molecule has 0 amide bonds. The summed E-state index contributed by atoms with van der Waals surface area (Å²) >= 11 is 3.46. The number of hydrogen-bond acceptors (Lipinski definition) is 5. The van der Waals surface area contributed by atoms with Crippen LogP contribution >= 0.6 is 22.7 Å². The lowest BCUT2D eigenvalue weighted by Gasteiger charge is -2.02. The molecule has 0 atom stereocenters. The standard InChI is InChI=1S/C19H24N2OS2/c1-3-5-6-7-9-22-18-11-16-15(24-18)10-17(23-16)19-20-12-14(8-4-2)13-21-19/h10-13H,3-9H2,1-2H3. The van der Waals surface area contributed by atoms with Crippen molar-refractivity contribution in [2.45, 2.75) is 52.4 Å². The number of unbranched alkanes of at least 4 members (excludes halogenated alkanes) is 3. The van der Waals surface area contributed by atoms with Crippen molar-refractivity contribution in [1.29, 1.82) is 0 Å². The van der Waals surface area contributed by atoms with Crippen LogP contribution in [0.4, 0.5) is 0 Å². The molecule has 0 aliphatic rings. The molecule has 24 heavy (non-hydrogen) atoms. The van der Waals surface area contributed by atoms with Crippen molar-refractivity contribution in [2.75, 3.05) is 6.61 Å². The highest BCUT2D eigenvalue weighted by Gasteiger charge is 2.11. The third-order valence-corrected chi connectivity index (χ3v) is 6.09. The van der Waals surface area contributed by atoms with Gasteiger partial charge in [-0.25, -0.2) is 9.97 Å². The number of thiophene rings is 2. The Morgan fingerprint density at radius 2 is 1.71 bits per heavy atom. The van der Waals surface area contributed by atoms with Crippen LogP contribution in [0.2, 0.25) is 0 Å². The summed E-state index contributed by atoms with van der Waals surface area (Å²) in [4.78, 5) is 10.2. The van der Waals surface area contributed by atoms with Gasteiger partial charge >= 0.3 is 0 Å². The molecule has 3 heterocycles. The van der Waals surface area contributed by atoms with Crippen LogP contribution in [0.5, 0.6) is 5.06 Å².